The quantitative estimate of drug-likeness (QED) is 0.606. The van der Waals surface area contributed by atoms with Gasteiger partial charge in [-0.05, 0) is 62.4 Å². The fourth-order valence-corrected chi connectivity index (χ4v) is 4.77. The summed E-state index contributed by atoms with van der Waals surface area (Å²) in [5.41, 5.74) is 1.13. The van der Waals surface area contributed by atoms with Gasteiger partial charge in [-0.1, -0.05) is 30.3 Å². The van der Waals surface area contributed by atoms with E-state index in [1.54, 1.807) is 0 Å². The van der Waals surface area contributed by atoms with Crippen LogP contribution in [0.1, 0.15) is 32.3 Å². The van der Waals surface area contributed by atoms with E-state index in [1.165, 1.54) is 0 Å². The van der Waals surface area contributed by atoms with Crippen LogP contribution >= 0.6 is 0 Å². The minimum Gasteiger partial charge on any atom is -0.489 e. The van der Waals surface area contributed by atoms with Crippen LogP contribution in [0.2, 0.25) is 0 Å². The Kier molecular flexibility index (Phi) is 8.24. The van der Waals surface area contributed by atoms with Gasteiger partial charge in [0.1, 0.15) is 18.1 Å². The molecule has 2 aromatic carbocycles. The van der Waals surface area contributed by atoms with E-state index in [-0.39, 0.29) is 12.5 Å². The van der Waals surface area contributed by atoms with Crippen molar-refractivity contribution in [3.8, 4) is 11.5 Å². The van der Waals surface area contributed by atoms with Crippen molar-refractivity contribution in [1.82, 2.24) is 9.80 Å². The molecule has 2 heterocycles. The van der Waals surface area contributed by atoms with Crippen LogP contribution in [0.4, 0.5) is 0 Å². The maximum absolute atomic E-state index is 12.6. The van der Waals surface area contributed by atoms with Gasteiger partial charge in [-0.2, -0.15) is 0 Å². The first-order chi connectivity index (χ1) is 16.0. The Labute approximate surface area is 197 Å². The van der Waals surface area contributed by atoms with Crippen molar-refractivity contribution in [1.29, 1.82) is 0 Å². The van der Waals surface area contributed by atoms with E-state index in [4.69, 9.17) is 14.2 Å². The van der Waals surface area contributed by atoms with Gasteiger partial charge in [-0.15, -0.1) is 0 Å². The standard InChI is InChI=1S/C27H36N2O4/c1-21-16-28(17-22(2)33-21)18-23-12-14-29(15-13-23)27(30)20-32-26-10-8-25(9-11-26)31-19-24-6-4-3-5-7-24/h3-11,21-23H,12-20H2,1-2H3. The lowest BCUT2D eigenvalue weighted by atomic mass is 9.95. The molecule has 6 heteroatoms. The molecule has 2 aromatic rings. The molecular formula is C27H36N2O4. The molecule has 2 saturated heterocycles. The predicted molar refractivity (Wildman–Crippen MR) is 128 cm³/mol. The van der Waals surface area contributed by atoms with E-state index in [0.29, 0.717) is 30.5 Å². The number of rotatable bonds is 8. The number of likely N-dealkylation sites (tertiary alicyclic amines) is 1. The summed E-state index contributed by atoms with van der Waals surface area (Å²) in [6.07, 6.45) is 2.72. The molecule has 2 atom stereocenters. The molecule has 178 valence electrons. The van der Waals surface area contributed by atoms with Crippen LogP contribution in [-0.4, -0.2) is 67.2 Å². The predicted octanol–water partition coefficient (Wildman–Crippen LogP) is 3.99. The maximum atomic E-state index is 12.6. The highest BCUT2D eigenvalue weighted by Gasteiger charge is 2.28. The average Bonchev–Trinajstić information content (AvgIpc) is 2.82. The number of hydrogen-bond acceptors (Lipinski definition) is 5. The van der Waals surface area contributed by atoms with Crippen molar-refractivity contribution in [3.05, 3.63) is 60.2 Å². The van der Waals surface area contributed by atoms with Crippen molar-refractivity contribution in [2.45, 2.75) is 45.5 Å². The van der Waals surface area contributed by atoms with Crippen molar-refractivity contribution in [3.63, 3.8) is 0 Å². The smallest absolute Gasteiger partial charge is 0.260 e. The molecule has 2 aliphatic rings. The Bertz CT molecular complexity index is 855. The second kappa shape index (κ2) is 11.5. The lowest BCUT2D eigenvalue weighted by Crippen LogP contribution is -2.49. The molecule has 0 aliphatic carbocycles. The van der Waals surface area contributed by atoms with Crippen molar-refractivity contribution < 1.29 is 19.0 Å². The van der Waals surface area contributed by atoms with Crippen LogP contribution in [0.15, 0.2) is 54.6 Å². The first-order valence-electron chi connectivity index (χ1n) is 12.1. The van der Waals surface area contributed by atoms with E-state index < -0.39 is 0 Å². The molecule has 0 bridgehead atoms. The Morgan fingerprint density at radius 1 is 0.909 bits per heavy atom. The third-order valence-electron chi connectivity index (χ3n) is 6.41. The van der Waals surface area contributed by atoms with Crippen molar-refractivity contribution in [2.75, 3.05) is 39.3 Å². The molecule has 4 rings (SSSR count). The van der Waals surface area contributed by atoms with Crippen molar-refractivity contribution in [2.24, 2.45) is 5.92 Å². The monoisotopic (exact) mass is 452 g/mol. The normalized spacial score (nSPS) is 22.2. The molecule has 0 N–H and O–H groups in total. The summed E-state index contributed by atoms with van der Waals surface area (Å²) in [6, 6.07) is 17.5. The SMILES string of the molecule is CC1CN(CC2CCN(C(=O)COc3ccc(OCc4ccccc4)cc3)CC2)CC(C)O1. The summed E-state index contributed by atoms with van der Waals surface area (Å²) >= 11 is 0. The van der Waals surface area contributed by atoms with Gasteiger partial charge in [0, 0.05) is 32.7 Å². The third-order valence-corrected chi connectivity index (χ3v) is 6.41. The molecule has 0 aromatic heterocycles. The molecule has 0 saturated carbocycles. The Hall–Kier alpha value is -2.57. The van der Waals surface area contributed by atoms with Gasteiger partial charge >= 0.3 is 0 Å². The molecular weight excluding hydrogens is 416 g/mol. The third kappa shape index (κ3) is 7.21. The zero-order valence-electron chi connectivity index (χ0n) is 19.8. The van der Waals surface area contributed by atoms with Crippen LogP contribution in [0, 0.1) is 5.92 Å². The summed E-state index contributed by atoms with van der Waals surface area (Å²) in [7, 11) is 0. The summed E-state index contributed by atoms with van der Waals surface area (Å²) in [5.74, 6) is 2.17. The Balaban J connectivity index is 1.15. The lowest BCUT2D eigenvalue weighted by Gasteiger charge is -2.39. The molecule has 2 fully saturated rings. The first kappa shape index (κ1) is 23.6. The van der Waals surface area contributed by atoms with Crippen LogP contribution < -0.4 is 9.47 Å². The fraction of sp³-hybridized carbons (Fsp3) is 0.519. The molecule has 2 aliphatic heterocycles. The van der Waals surface area contributed by atoms with Crippen LogP contribution in [0.5, 0.6) is 11.5 Å². The van der Waals surface area contributed by atoms with Gasteiger partial charge in [0.15, 0.2) is 6.61 Å². The number of nitrogens with zero attached hydrogens (tertiary/aromatic N) is 2. The molecule has 0 radical (unpaired) electrons. The molecule has 2 unspecified atom stereocenters. The lowest BCUT2D eigenvalue weighted by molar-refractivity contribution is -0.135. The molecule has 33 heavy (non-hydrogen) atoms. The first-order valence-corrected chi connectivity index (χ1v) is 12.1. The largest absolute Gasteiger partial charge is 0.489 e. The molecule has 1 amide bonds. The van der Waals surface area contributed by atoms with E-state index in [9.17, 15) is 4.79 Å². The van der Waals surface area contributed by atoms with Crippen molar-refractivity contribution >= 4 is 5.91 Å². The Morgan fingerprint density at radius 2 is 1.52 bits per heavy atom. The van der Waals surface area contributed by atoms with Crippen LogP contribution in [0.3, 0.4) is 0 Å². The zero-order valence-corrected chi connectivity index (χ0v) is 19.8. The number of carbonyl (C=O) groups excluding carboxylic acids is 1. The number of piperidine rings is 1. The Morgan fingerprint density at radius 3 is 2.15 bits per heavy atom. The van der Waals surface area contributed by atoms with E-state index >= 15 is 0 Å². The summed E-state index contributed by atoms with van der Waals surface area (Å²) in [6.45, 7) is 9.65. The minimum absolute atomic E-state index is 0.0615. The number of morpholine rings is 1. The maximum Gasteiger partial charge on any atom is 0.260 e. The second-order valence-corrected chi connectivity index (χ2v) is 9.33. The van der Waals surface area contributed by atoms with Gasteiger partial charge in [0.05, 0.1) is 12.2 Å². The molecule has 0 spiro atoms. The topological polar surface area (TPSA) is 51.2 Å². The zero-order chi connectivity index (χ0) is 23.0. The number of amides is 1. The number of hydrogen-bond donors (Lipinski definition) is 0. The fourth-order valence-electron chi connectivity index (χ4n) is 4.77. The van der Waals surface area contributed by atoms with E-state index in [2.05, 4.69) is 18.7 Å². The van der Waals surface area contributed by atoms with Gasteiger partial charge < -0.3 is 19.1 Å². The summed E-state index contributed by atoms with van der Waals surface area (Å²) in [4.78, 5) is 17.1. The molecule has 6 nitrogen and oxygen atoms in total. The second-order valence-electron chi connectivity index (χ2n) is 9.33. The minimum atomic E-state index is 0.0615. The van der Waals surface area contributed by atoms with Gasteiger partial charge in [0.2, 0.25) is 0 Å². The highest BCUT2D eigenvalue weighted by molar-refractivity contribution is 5.77. The average molecular weight is 453 g/mol. The van der Waals surface area contributed by atoms with Gasteiger partial charge in [-0.25, -0.2) is 0 Å². The number of carbonyl (C=O) groups is 1. The highest BCUT2D eigenvalue weighted by Crippen LogP contribution is 2.22. The van der Waals surface area contributed by atoms with Crippen LogP contribution in [-0.2, 0) is 16.1 Å². The summed E-state index contributed by atoms with van der Waals surface area (Å²) < 4.78 is 17.4. The van der Waals surface area contributed by atoms with Crippen LogP contribution in [0.25, 0.3) is 0 Å². The highest BCUT2D eigenvalue weighted by atomic mass is 16.5. The number of ether oxygens (including phenoxy) is 3. The number of benzene rings is 2. The van der Waals surface area contributed by atoms with Gasteiger partial charge in [0.25, 0.3) is 5.91 Å². The van der Waals surface area contributed by atoms with E-state index in [0.717, 1.165) is 56.9 Å². The van der Waals surface area contributed by atoms with Gasteiger partial charge in [-0.3, -0.25) is 9.69 Å². The van der Waals surface area contributed by atoms with E-state index in [1.807, 2.05) is 59.5 Å². The summed E-state index contributed by atoms with van der Waals surface area (Å²) in [5, 5.41) is 0.